The summed E-state index contributed by atoms with van der Waals surface area (Å²) in [6, 6.07) is 25.4. The lowest BCUT2D eigenvalue weighted by Gasteiger charge is -2.31. The monoisotopic (exact) mass is 552 g/mol. The number of carbonyl (C=O) groups excluding carboxylic acids is 2. The quantitative estimate of drug-likeness (QED) is 0.209. The van der Waals surface area contributed by atoms with Crippen molar-refractivity contribution in [1.29, 1.82) is 0 Å². The van der Waals surface area contributed by atoms with Gasteiger partial charge in [0, 0.05) is 28.9 Å². The third-order valence-electron chi connectivity index (χ3n) is 5.75. The summed E-state index contributed by atoms with van der Waals surface area (Å²) < 4.78 is 0.979. The fourth-order valence-electron chi connectivity index (χ4n) is 3.71. The van der Waals surface area contributed by atoms with Crippen molar-refractivity contribution in [3.8, 4) is 0 Å². The molecule has 3 aromatic rings. The van der Waals surface area contributed by atoms with Gasteiger partial charge in [0.25, 0.3) is 0 Å². The van der Waals surface area contributed by atoms with Crippen LogP contribution in [0.2, 0.25) is 0 Å². The molecule has 2 amide bonds. The molecule has 1 atom stereocenters. The van der Waals surface area contributed by atoms with E-state index >= 15 is 0 Å². The zero-order chi connectivity index (χ0) is 25.0. The zero-order valence-corrected chi connectivity index (χ0v) is 22.8. The Bertz CT molecular complexity index is 1070. The van der Waals surface area contributed by atoms with E-state index in [4.69, 9.17) is 0 Å². The number of halogens is 1. The second kappa shape index (κ2) is 14.1. The number of rotatable bonds is 12. The minimum Gasteiger partial charge on any atom is -0.354 e. The number of unbranched alkanes of at least 4 members (excludes halogenated alkanes) is 1. The van der Waals surface area contributed by atoms with Gasteiger partial charge in [-0.1, -0.05) is 89.4 Å². The average Bonchev–Trinajstić information content (AvgIpc) is 2.87. The highest BCUT2D eigenvalue weighted by Gasteiger charge is 2.30. The van der Waals surface area contributed by atoms with E-state index in [1.807, 2.05) is 85.8 Å². The lowest BCUT2D eigenvalue weighted by atomic mass is 10.0. The van der Waals surface area contributed by atoms with Gasteiger partial charge in [-0.15, -0.1) is 11.8 Å². The van der Waals surface area contributed by atoms with Gasteiger partial charge >= 0.3 is 0 Å². The van der Waals surface area contributed by atoms with Gasteiger partial charge in [-0.3, -0.25) is 9.59 Å². The van der Waals surface area contributed by atoms with Crippen LogP contribution in [0.5, 0.6) is 0 Å². The first-order valence-corrected chi connectivity index (χ1v) is 13.8. The van der Waals surface area contributed by atoms with Crippen LogP contribution in [0.1, 0.15) is 36.5 Å². The van der Waals surface area contributed by atoms with Crippen molar-refractivity contribution in [2.75, 3.05) is 12.3 Å². The standard InChI is InChI=1S/C29H33BrN2O2S/c1-3-4-18-31-29(34)27(19-23-8-6-5-7-9-23)32(20-24-12-14-25(30)15-13-24)28(33)21-35-26-16-10-22(2)11-17-26/h5-17,27H,3-4,18-21H2,1-2H3,(H,31,34)/t27-/m0/s1. The Morgan fingerprint density at radius 2 is 1.63 bits per heavy atom. The molecule has 6 heteroatoms. The van der Waals surface area contributed by atoms with Crippen molar-refractivity contribution in [2.24, 2.45) is 0 Å². The number of hydrogen-bond donors (Lipinski definition) is 1. The van der Waals surface area contributed by atoms with E-state index < -0.39 is 6.04 Å². The molecule has 3 aromatic carbocycles. The van der Waals surface area contributed by atoms with Gasteiger partial charge in [0.1, 0.15) is 6.04 Å². The maximum atomic E-state index is 13.6. The molecule has 0 unspecified atom stereocenters. The van der Waals surface area contributed by atoms with Crippen molar-refractivity contribution in [3.63, 3.8) is 0 Å². The third kappa shape index (κ3) is 8.86. The van der Waals surface area contributed by atoms with E-state index in [9.17, 15) is 9.59 Å². The van der Waals surface area contributed by atoms with Crippen LogP contribution in [0.3, 0.4) is 0 Å². The summed E-state index contributed by atoms with van der Waals surface area (Å²) in [6.07, 6.45) is 2.38. The molecular weight excluding hydrogens is 520 g/mol. The highest BCUT2D eigenvalue weighted by Crippen LogP contribution is 2.22. The fourth-order valence-corrected chi connectivity index (χ4v) is 4.76. The number of nitrogens with zero attached hydrogens (tertiary/aromatic N) is 1. The summed E-state index contributed by atoms with van der Waals surface area (Å²) in [4.78, 5) is 29.8. The number of benzene rings is 3. The predicted octanol–water partition coefficient (Wildman–Crippen LogP) is 6.41. The first-order valence-electron chi connectivity index (χ1n) is 12.0. The first-order chi connectivity index (χ1) is 17.0. The molecule has 0 bridgehead atoms. The van der Waals surface area contributed by atoms with Crippen LogP contribution in [-0.4, -0.2) is 35.1 Å². The average molecular weight is 554 g/mol. The lowest BCUT2D eigenvalue weighted by Crippen LogP contribution is -2.51. The maximum Gasteiger partial charge on any atom is 0.243 e. The van der Waals surface area contributed by atoms with E-state index in [1.54, 1.807) is 4.90 Å². The molecule has 184 valence electrons. The first kappa shape index (κ1) is 27.0. The van der Waals surface area contributed by atoms with Crippen LogP contribution in [0.4, 0.5) is 0 Å². The predicted molar refractivity (Wildman–Crippen MR) is 148 cm³/mol. The van der Waals surface area contributed by atoms with Crippen LogP contribution in [0, 0.1) is 6.92 Å². The summed E-state index contributed by atoms with van der Waals surface area (Å²) in [6.45, 7) is 5.13. The molecule has 0 fully saturated rings. The molecule has 0 aromatic heterocycles. The molecule has 3 rings (SSSR count). The summed E-state index contributed by atoms with van der Waals surface area (Å²) in [5.74, 6) is 0.116. The second-order valence-electron chi connectivity index (χ2n) is 8.60. The minimum absolute atomic E-state index is 0.0509. The largest absolute Gasteiger partial charge is 0.354 e. The van der Waals surface area contributed by atoms with Crippen molar-refractivity contribution < 1.29 is 9.59 Å². The number of amides is 2. The summed E-state index contributed by atoms with van der Waals surface area (Å²) >= 11 is 4.99. The number of thioether (sulfide) groups is 1. The highest BCUT2D eigenvalue weighted by atomic mass is 79.9. The van der Waals surface area contributed by atoms with Gasteiger partial charge in [0.2, 0.25) is 11.8 Å². The number of aryl methyl sites for hydroxylation is 1. The summed E-state index contributed by atoms with van der Waals surface area (Å²) in [5, 5.41) is 3.07. The zero-order valence-electron chi connectivity index (χ0n) is 20.4. The molecule has 35 heavy (non-hydrogen) atoms. The molecule has 0 aliphatic heterocycles. The van der Waals surface area contributed by atoms with E-state index in [0.29, 0.717) is 19.5 Å². The van der Waals surface area contributed by atoms with Crippen LogP contribution < -0.4 is 5.32 Å². The van der Waals surface area contributed by atoms with Crippen molar-refractivity contribution in [3.05, 3.63) is 100 Å². The number of nitrogens with one attached hydrogen (secondary N) is 1. The van der Waals surface area contributed by atoms with Crippen molar-refractivity contribution in [1.82, 2.24) is 10.2 Å². The Kier molecular flexibility index (Phi) is 10.9. The van der Waals surface area contributed by atoms with Crippen LogP contribution in [0.15, 0.2) is 88.2 Å². The Morgan fingerprint density at radius 1 is 0.943 bits per heavy atom. The van der Waals surface area contributed by atoms with Gasteiger partial charge < -0.3 is 10.2 Å². The van der Waals surface area contributed by atoms with E-state index in [0.717, 1.165) is 33.3 Å². The van der Waals surface area contributed by atoms with E-state index in [-0.39, 0.29) is 17.6 Å². The van der Waals surface area contributed by atoms with Crippen LogP contribution in [0.25, 0.3) is 0 Å². The Morgan fingerprint density at radius 3 is 2.29 bits per heavy atom. The van der Waals surface area contributed by atoms with Crippen molar-refractivity contribution in [2.45, 2.75) is 50.6 Å². The highest BCUT2D eigenvalue weighted by molar-refractivity contribution is 9.10. The smallest absolute Gasteiger partial charge is 0.243 e. The number of hydrogen-bond acceptors (Lipinski definition) is 3. The van der Waals surface area contributed by atoms with Crippen LogP contribution in [-0.2, 0) is 22.6 Å². The Balaban J connectivity index is 1.86. The van der Waals surface area contributed by atoms with Gasteiger partial charge in [0.15, 0.2) is 0 Å². The maximum absolute atomic E-state index is 13.6. The summed E-state index contributed by atoms with van der Waals surface area (Å²) in [5.41, 5.74) is 3.20. The molecule has 0 radical (unpaired) electrons. The minimum atomic E-state index is -0.593. The van der Waals surface area contributed by atoms with Gasteiger partial charge in [0.05, 0.1) is 5.75 Å². The molecule has 0 heterocycles. The molecule has 1 N–H and O–H groups in total. The van der Waals surface area contributed by atoms with Gasteiger partial charge in [-0.2, -0.15) is 0 Å². The van der Waals surface area contributed by atoms with Gasteiger partial charge in [-0.05, 0) is 48.7 Å². The lowest BCUT2D eigenvalue weighted by molar-refractivity contribution is -0.139. The molecule has 0 spiro atoms. The Labute approximate surface area is 221 Å². The second-order valence-corrected chi connectivity index (χ2v) is 10.6. The molecule has 0 aliphatic carbocycles. The normalized spacial score (nSPS) is 11.6. The fraction of sp³-hybridized carbons (Fsp3) is 0.310. The molecular formula is C29H33BrN2O2S. The molecule has 4 nitrogen and oxygen atoms in total. The SMILES string of the molecule is CCCCNC(=O)[C@H](Cc1ccccc1)N(Cc1ccc(Br)cc1)C(=O)CSc1ccc(C)cc1. The van der Waals surface area contributed by atoms with Gasteiger partial charge in [-0.25, -0.2) is 0 Å². The summed E-state index contributed by atoms with van der Waals surface area (Å²) in [7, 11) is 0. The van der Waals surface area contributed by atoms with E-state index in [1.165, 1.54) is 17.3 Å². The Hall–Kier alpha value is -2.57. The van der Waals surface area contributed by atoms with E-state index in [2.05, 4.69) is 28.2 Å². The molecule has 0 saturated heterocycles. The third-order valence-corrected chi connectivity index (χ3v) is 7.28. The van der Waals surface area contributed by atoms with Crippen LogP contribution >= 0.6 is 27.7 Å². The topological polar surface area (TPSA) is 49.4 Å². The number of carbonyl (C=O) groups is 2. The van der Waals surface area contributed by atoms with Crippen molar-refractivity contribution >= 4 is 39.5 Å². The molecule has 0 saturated carbocycles. The molecule has 0 aliphatic rings.